The molecule has 1 saturated carbocycles. The van der Waals surface area contributed by atoms with Crippen molar-refractivity contribution in [3.8, 4) is 5.75 Å². The molecule has 1 atom stereocenters. The maximum Gasteiger partial charge on any atom is 0.244 e. The van der Waals surface area contributed by atoms with Crippen molar-refractivity contribution in [1.82, 2.24) is 4.72 Å². The molecule has 0 saturated heterocycles. The number of hydrogen-bond acceptors (Lipinski definition) is 4. The highest BCUT2D eigenvalue weighted by Crippen LogP contribution is 2.32. The van der Waals surface area contributed by atoms with E-state index in [0.717, 1.165) is 24.0 Å². The zero-order valence-electron chi connectivity index (χ0n) is 12.1. The van der Waals surface area contributed by atoms with Crippen LogP contribution in [0.25, 0.3) is 0 Å². The fraction of sp³-hybridized carbons (Fsp3) is 0.571. The van der Waals surface area contributed by atoms with Crippen LogP contribution in [0, 0.1) is 19.8 Å². The molecular formula is C14H22N2O3S. The Balaban J connectivity index is 2.23. The molecule has 5 nitrogen and oxygen atoms in total. The molecule has 0 amide bonds. The molecule has 0 heterocycles. The maximum absolute atomic E-state index is 12.4. The number of sulfonamides is 1. The Kier molecular flexibility index (Phi) is 4.36. The van der Waals surface area contributed by atoms with Crippen LogP contribution in [0.5, 0.6) is 5.75 Å². The molecule has 2 rings (SSSR count). The highest BCUT2D eigenvalue weighted by Gasteiger charge is 2.30. The molecule has 6 heteroatoms. The standard InChI is InChI=1S/C14H22N2O3S/c1-9-6-10(2)14(19-3)13(7-9)20(17,18)16-8-12(15)11-4-5-11/h6-7,11-12,16H,4-5,8,15H2,1-3H3. The summed E-state index contributed by atoms with van der Waals surface area (Å²) in [6.45, 7) is 3.96. The van der Waals surface area contributed by atoms with Crippen LogP contribution in [0.2, 0.25) is 0 Å². The highest BCUT2D eigenvalue weighted by molar-refractivity contribution is 7.89. The number of nitrogens with two attached hydrogens (primary N) is 1. The Morgan fingerprint density at radius 2 is 2.05 bits per heavy atom. The lowest BCUT2D eigenvalue weighted by molar-refractivity contribution is 0.398. The first kappa shape index (κ1) is 15.3. The van der Waals surface area contributed by atoms with Crippen LogP contribution in [0.3, 0.4) is 0 Å². The summed E-state index contributed by atoms with van der Waals surface area (Å²) in [5, 5.41) is 0. The molecule has 0 bridgehead atoms. The molecule has 20 heavy (non-hydrogen) atoms. The zero-order chi connectivity index (χ0) is 14.9. The summed E-state index contributed by atoms with van der Waals surface area (Å²) in [6, 6.07) is 3.41. The van der Waals surface area contributed by atoms with Gasteiger partial charge in [-0.15, -0.1) is 0 Å². The van der Waals surface area contributed by atoms with E-state index in [1.807, 2.05) is 19.9 Å². The van der Waals surface area contributed by atoms with Gasteiger partial charge in [-0.05, 0) is 49.8 Å². The van der Waals surface area contributed by atoms with Gasteiger partial charge in [0.2, 0.25) is 10.0 Å². The van der Waals surface area contributed by atoms with Crippen molar-refractivity contribution < 1.29 is 13.2 Å². The quantitative estimate of drug-likeness (QED) is 0.830. The second-order valence-electron chi connectivity index (χ2n) is 5.47. The normalized spacial score (nSPS) is 17.0. The summed E-state index contributed by atoms with van der Waals surface area (Å²) in [5.41, 5.74) is 7.63. The summed E-state index contributed by atoms with van der Waals surface area (Å²) < 4.78 is 32.7. The topological polar surface area (TPSA) is 81.4 Å². The van der Waals surface area contributed by atoms with E-state index in [0.29, 0.717) is 11.7 Å². The number of nitrogens with one attached hydrogen (secondary N) is 1. The van der Waals surface area contributed by atoms with Crippen molar-refractivity contribution in [2.24, 2.45) is 11.7 Å². The van der Waals surface area contributed by atoms with Crippen LogP contribution in [-0.2, 0) is 10.0 Å². The monoisotopic (exact) mass is 298 g/mol. The Hall–Kier alpha value is -1.11. The SMILES string of the molecule is COc1c(C)cc(C)cc1S(=O)(=O)NCC(N)C1CC1. The maximum atomic E-state index is 12.4. The van der Waals surface area contributed by atoms with Gasteiger partial charge in [0.15, 0.2) is 0 Å². The highest BCUT2D eigenvalue weighted by atomic mass is 32.2. The minimum absolute atomic E-state index is 0.110. The molecule has 1 aliphatic carbocycles. The fourth-order valence-corrected chi connectivity index (χ4v) is 3.75. The average molecular weight is 298 g/mol. The Morgan fingerprint density at radius 3 is 2.60 bits per heavy atom. The smallest absolute Gasteiger partial charge is 0.244 e. The van der Waals surface area contributed by atoms with E-state index in [-0.39, 0.29) is 17.5 Å². The van der Waals surface area contributed by atoms with Gasteiger partial charge in [-0.3, -0.25) is 0 Å². The largest absolute Gasteiger partial charge is 0.495 e. The molecule has 0 radical (unpaired) electrons. The van der Waals surface area contributed by atoms with Gasteiger partial charge in [0.05, 0.1) is 7.11 Å². The number of hydrogen-bond donors (Lipinski definition) is 2. The predicted molar refractivity (Wildman–Crippen MR) is 78.4 cm³/mol. The van der Waals surface area contributed by atoms with E-state index in [1.165, 1.54) is 7.11 Å². The van der Waals surface area contributed by atoms with Crippen molar-refractivity contribution >= 4 is 10.0 Å². The fourth-order valence-electron chi connectivity index (χ4n) is 2.35. The first-order valence-corrected chi connectivity index (χ1v) is 8.24. The molecule has 3 N–H and O–H groups in total. The first-order valence-electron chi connectivity index (χ1n) is 6.75. The molecule has 1 aliphatic rings. The van der Waals surface area contributed by atoms with E-state index in [1.54, 1.807) is 6.07 Å². The lowest BCUT2D eigenvalue weighted by Gasteiger charge is -2.16. The summed E-state index contributed by atoms with van der Waals surface area (Å²) >= 11 is 0. The third kappa shape index (κ3) is 3.31. The molecule has 0 spiro atoms. The molecular weight excluding hydrogens is 276 g/mol. The summed E-state index contributed by atoms with van der Waals surface area (Å²) in [7, 11) is -2.13. The van der Waals surface area contributed by atoms with Crippen LogP contribution in [-0.4, -0.2) is 28.1 Å². The van der Waals surface area contributed by atoms with Crippen molar-refractivity contribution in [1.29, 1.82) is 0 Å². The molecule has 0 aromatic heterocycles. The Bertz CT molecular complexity index is 595. The van der Waals surface area contributed by atoms with Gasteiger partial charge in [-0.2, -0.15) is 0 Å². The van der Waals surface area contributed by atoms with Gasteiger partial charge in [0.25, 0.3) is 0 Å². The number of methoxy groups -OCH3 is 1. The van der Waals surface area contributed by atoms with Crippen molar-refractivity contribution in [2.75, 3.05) is 13.7 Å². The van der Waals surface area contributed by atoms with E-state index < -0.39 is 10.0 Å². The van der Waals surface area contributed by atoms with Crippen LogP contribution in [0.4, 0.5) is 0 Å². The van der Waals surface area contributed by atoms with Crippen LogP contribution in [0.1, 0.15) is 24.0 Å². The van der Waals surface area contributed by atoms with Gasteiger partial charge in [0.1, 0.15) is 10.6 Å². The van der Waals surface area contributed by atoms with Gasteiger partial charge >= 0.3 is 0 Å². The summed E-state index contributed by atoms with van der Waals surface area (Å²) in [6.07, 6.45) is 2.19. The minimum atomic E-state index is -3.60. The van der Waals surface area contributed by atoms with Gasteiger partial charge in [-0.25, -0.2) is 13.1 Å². The van der Waals surface area contributed by atoms with Crippen molar-refractivity contribution in [3.05, 3.63) is 23.3 Å². The van der Waals surface area contributed by atoms with Crippen LogP contribution in [0.15, 0.2) is 17.0 Å². The predicted octanol–water partition coefficient (Wildman–Crippen LogP) is 1.33. The Labute approximate surface area is 120 Å². The molecule has 1 unspecified atom stereocenters. The minimum Gasteiger partial charge on any atom is -0.495 e. The van der Waals surface area contributed by atoms with E-state index in [2.05, 4.69) is 4.72 Å². The van der Waals surface area contributed by atoms with Crippen molar-refractivity contribution in [3.63, 3.8) is 0 Å². The molecule has 1 fully saturated rings. The Morgan fingerprint density at radius 1 is 1.40 bits per heavy atom. The third-order valence-corrected chi connectivity index (χ3v) is 5.04. The summed E-state index contributed by atoms with van der Waals surface area (Å²) in [5.74, 6) is 0.849. The first-order chi connectivity index (χ1) is 9.35. The average Bonchev–Trinajstić information content (AvgIpc) is 3.19. The zero-order valence-corrected chi connectivity index (χ0v) is 13.0. The van der Waals surface area contributed by atoms with Crippen LogP contribution < -0.4 is 15.2 Å². The molecule has 1 aromatic carbocycles. The van der Waals surface area contributed by atoms with E-state index >= 15 is 0 Å². The molecule has 0 aliphatic heterocycles. The second kappa shape index (κ2) is 5.71. The van der Waals surface area contributed by atoms with E-state index in [9.17, 15) is 8.42 Å². The van der Waals surface area contributed by atoms with Crippen LogP contribution >= 0.6 is 0 Å². The lowest BCUT2D eigenvalue weighted by atomic mass is 10.1. The van der Waals surface area contributed by atoms with Gasteiger partial charge < -0.3 is 10.5 Å². The number of benzene rings is 1. The molecule has 112 valence electrons. The number of ether oxygens (including phenoxy) is 1. The second-order valence-corrected chi connectivity index (χ2v) is 7.20. The molecule has 1 aromatic rings. The lowest BCUT2D eigenvalue weighted by Crippen LogP contribution is -2.38. The van der Waals surface area contributed by atoms with Crippen molar-refractivity contribution in [2.45, 2.75) is 37.6 Å². The summed E-state index contributed by atoms with van der Waals surface area (Å²) in [4.78, 5) is 0.181. The van der Waals surface area contributed by atoms with Gasteiger partial charge in [-0.1, -0.05) is 6.07 Å². The van der Waals surface area contributed by atoms with Gasteiger partial charge in [0, 0.05) is 12.6 Å². The third-order valence-electron chi connectivity index (χ3n) is 3.62. The number of aryl methyl sites for hydroxylation is 2. The van der Waals surface area contributed by atoms with E-state index in [4.69, 9.17) is 10.5 Å². The number of rotatable bonds is 6.